The molecule has 11 heteroatoms. The summed E-state index contributed by atoms with van der Waals surface area (Å²) in [6.07, 6.45) is 4.66. The number of hydrogen-bond acceptors (Lipinski definition) is 7. The third-order valence-corrected chi connectivity index (χ3v) is 3.91. The van der Waals surface area contributed by atoms with Crippen molar-refractivity contribution in [3.8, 4) is 5.69 Å². The number of carboxylic acids is 1. The van der Waals surface area contributed by atoms with Crippen LogP contribution in [0.1, 0.15) is 25.5 Å². The number of nitrogens with one attached hydrogen (secondary N) is 1. The maximum absolute atomic E-state index is 11.4. The van der Waals surface area contributed by atoms with Gasteiger partial charge in [0.05, 0.1) is 27.9 Å². The molecule has 0 bridgehead atoms. The molecule has 0 spiro atoms. The Morgan fingerprint density at radius 3 is 2.67 bits per heavy atom. The molecule has 1 atom stereocenters. The van der Waals surface area contributed by atoms with Crippen LogP contribution >= 0.6 is 0 Å². The lowest BCUT2D eigenvalue weighted by molar-refractivity contribution is -0.394. The molecule has 27 heavy (non-hydrogen) atoms. The molecule has 0 unspecified atom stereocenters. The first-order chi connectivity index (χ1) is 12.8. The fourth-order valence-electron chi connectivity index (χ4n) is 2.50. The Morgan fingerprint density at radius 1 is 1.33 bits per heavy atom. The first-order valence-corrected chi connectivity index (χ1v) is 8.25. The SMILES string of the molecule is CCCCN[C@@H](Cc1cn(-c2ccc([N+](=O)[O-])cc2[N+](=O)[O-])cn1)C(=O)O. The van der Waals surface area contributed by atoms with E-state index in [0.29, 0.717) is 12.2 Å². The minimum absolute atomic E-state index is 0.104. The van der Waals surface area contributed by atoms with Crippen LogP contribution in [0.3, 0.4) is 0 Å². The Kier molecular flexibility index (Phi) is 6.55. The van der Waals surface area contributed by atoms with Gasteiger partial charge in [-0.2, -0.15) is 0 Å². The van der Waals surface area contributed by atoms with Gasteiger partial charge in [0.15, 0.2) is 0 Å². The Morgan fingerprint density at radius 2 is 2.07 bits per heavy atom. The number of carboxylic acid groups (broad SMARTS) is 1. The van der Waals surface area contributed by atoms with Crippen LogP contribution in [0, 0.1) is 20.2 Å². The monoisotopic (exact) mass is 377 g/mol. The van der Waals surface area contributed by atoms with E-state index in [4.69, 9.17) is 0 Å². The van der Waals surface area contributed by atoms with E-state index in [0.717, 1.165) is 25.0 Å². The van der Waals surface area contributed by atoms with Gasteiger partial charge in [0.2, 0.25) is 0 Å². The van der Waals surface area contributed by atoms with Gasteiger partial charge in [-0.3, -0.25) is 29.6 Å². The minimum Gasteiger partial charge on any atom is -0.480 e. The summed E-state index contributed by atoms with van der Waals surface area (Å²) in [4.78, 5) is 36.1. The molecule has 1 aromatic heterocycles. The van der Waals surface area contributed by atoms with E-state index in [-0.39, 0.29) is 12.1 Å². The molecule has 11 nitrogen and oxygen atoms in total. The van der Waals surface area contributed by atoms with Crippen molar-refractivity contribution in [1.29, 1.82) is 0 Å². The van der Waals surface area contributed by atoms with Crippen molar-refractivity contribution in [3.05, 3.63) is 56.6 Å². The molecule has 0 fully saturated rings. The predicted molar refractivity (Wildman–Crippen MR) is 94.9 cm³/mol. The largest absolute Gasteiger partial charge is 0.480 e. The molecular weight excluding hydrogens is 358 g/mol. The summed E-state index contributed by atoms with van der Waals surface area (Å²) in [6.45, 7) is 2.55. The Labute approximate surface area is 153 Å². The van der Waals surface area contributed by atoms with Gasteiger partial charge >= 0.3 is 5.97 Å². The van der Waals surface area contributed by atoms with Gasteiger partial charge in [0, 0.05) is 18.7 Å². The standard InChI is InChI=1S/C16H19N5O6/c1-2-3-6-17-13(16(22)23)7-11-9-19(10-18-11)14-5-4-12(20(24)25)8-15(14)21(26)27/h4-5,8-10,13,17H,2-3,6-7H2,1H3,(H,22,23)/t13-/m0/s1. The second-order valence-corrected chi connectivity index (χ2v) is 5.86. The highest BCUT2D eigenvalue weighted by Gasteiger charge is 2.22. The fourth-order valence-corrected chi connectivity index (χ4v) is 2.50. The van der Waals surface area contributed by atoms with Gasteiger partial charge in [-0.05, 0) is 19.0 Å². The van der Waals surface area contributed by atoms with Crippen molar-refractivity contribution < 1.29 is 19.7 Å². The van der Waals surface area contributed by atoms with Gasteiger partial charge < -0.3 is 10.4 Å². The summed E-state index contributed by atoms with van der Waals surface area (Å²) in [6, 6.07) is 2.47. The number of nitro groups is 2. The molecule has 2 aromatic rings. The maximum atomic E-state index is 11.4. The number of aromatic nitrogens is 2. The number of nitro benzene ring substituents is 2. The molecule has 0 amide bonds. The van der Waals surface area contributed by atoms with Crippen molar-refractivity contribution in [2.75, 3.05) is 6.54 Å². The van der Waals surface area contributed by atoms with Crippen LogP contribution in [0.25, 0.3) is 5.69 Å². The fraction of sp³-hybridized carbons (Fsp3) is 0.375. The van der Waals surface area contributed by atoms with Gasteiger partial charge in [0.25, 0.3) is 11.4 Å². The van der Waals surface area contributed by atoms with Crippen LogP contribution in [0.5, 0.6) is 0 Å². The summed E-state index contributed by atoms with van der Waals surface area (Å²) in [5, 5.41) is 34.3. The molecule has 0 aliphatic rings. The van der Waals surface area contributed by atoms with Crippen LogP contribution < -0.4 is 5.32 Å². The molecule has 0 aliphatic carbocycles. The molecule has 1 aromatic carbocycles. The highest BCUT2D eigenvalue weighted by molar-refractivity contribution is 5.73. The smallest absolute Gasteiger partial charge is 0.321 e. The van der Waals surface area contributed by atoms with Crippen molar-refractivity contribution in [1.82, 2.24) is 14.9 Å². The number of aliphatic carboxylic acids is 1. The zero-order chi connectivity index (χ0) is 20.0. The first kappa shape index (κ1) is 20.0. The number of imidazole rings is 1. The number of nitrogens with zero attached hydrogens (tertiary/aromatic N) is 4. The van der Waals surface area contributed by atoms with Gasteiger partial charge in [0.1, 0.15) is 11.7 Å². The molecule has 0 aliphatic heterocycles. The van der Waals surface area contributed by atoms with E-state index in [1.165, 1.54) is 23.2 Å². The van der Waals surface area contributed by atoms with E-state index in [9.17, 15) is 30.1 Å². The molecule has 144 valence electrons. The van der Waals surface area contributed by atoms with E-state index in [1.54, 1.807) is 0 Å². The Bertz CT molecular complexity index is 850. The van der Waals surface area contributed by atoms with Crippen molar-refractivity contribution in [2.45, 2.75) is 32.2 Å². The summed E-state index contributed by atoms with van der Waals surface area (Å²) >= 11 is 0. The number of unbranched alkanes of at least 4 members (excludes halogenated alkanes) is 1. The summed E-state index contributed by atoms with van der Waals surface area (Å²) < 4.78 is 1.35. The number of carbonyl (C=O) groups is 1. The van der Waals surface area contributed by atoms with Crippen LogP contribution in [0.2, 0.25) is 0 Å². The zero-order valence-corrected chi connectivity index (χ0v) is 14.6. The summed E-state index contributed by atoms with van der Waals surface area (Å²) in [7, 11) is 0. The molecule has 1 heterocycles. The van der Waals surface area contributed by atoms with Crippen LogP contribution in [-0.4, -0.2) is 43.1 Å². The average molecular weight is 377 g/mol. The number of hydrogen-bond donors (Lipinski definition) is 2. The number of non-ortho nitro benzene ring substituents is 1. The molecular formula is C16H19N5O6. The van der Waals surface area contributed by atoms with Gasteiger partial charge in [-0.25, -0.2) is 4.98 Å². The van der Waals surface area contributed by atoms with Crippen molar-refractivity contribution >= 4 is 17.3 Å². The molecule has 0 saturated carbocycles. The molecule has 2 N–H and O–H groups in total. The van der Waals surface area contributed by atoms with Gasteiger partial charge in [-0.1, -0.05) is 13.3 Å². The van der Waals surface area contributed by atoms with E-state index in [2.05, 4.69) is 10.3 Å². The van der Waals surface area contributed by atoms with Crippen molar-refractivity contribution in [3.63, 3.8) is 0 Å². The van der Waals surface area contributed by atoms with Gasteiger partial charge in [-0.15, -0.1) is 0 Å². The van der Waals surface area contributed by atoms with Crippen LogP contribution in [0.15, 0.2) is 30.7 Å². The normalized spacial score (nSPS) is 11.9. The first-order valence-electron chi connectivity index (χ1n) is 8.25. The topological polar surface area (TPSA) is 153 Å². The lowest BCUT2D eigenvalue weighted by Crippen LogP contribution is -2.39. The predicted octanol–water partition coefficient (Wildman–Crippen LogP) is 2.07. The lowest BCUT2D eigenvalue weighted by Gasteiger charge is -2.12. The van der Waals surface area contributed by atoms with Crippen molar-refractivity contribution in [2.24, 2.45) is 0 Å². The second kappa shape index (κ2) is 8.85. The van der Waals surface area contributed by atoms with E-state index in [1.807, 2.05) is 6.92 Å². The second-order valence-electron chi connectivity index (χ2n) is 5.86. The lowest BCUT2D eigenvalue weighted by atomic mass is 10.1. The third kappa shape index (κ3) is 5.07. The highest BCUT2D eigenvalue weighted by atomic mass is 16.6. The van der Waals surface area contributed by atoms with E-state index >= 15 is 0 Å². The van der Waals surface area contributed by atoms with E-state index < -0.39 is 33.2 Å². The minimum atomic E-state index is -1.01. The Hall–Kier alpha value is -3.34. The quantitative estimate of drug-likeness (QED) is 0.362. The zero-order valence-electron chi connectivity index (χ0n) is 14.6. The summed E-state index contributed by atoms with van der Waals surface area (Å²) in [5.74, 6) is -1.01. The number of rotatable bonds is 10. The maximum Gasteiger partial charge on any atom is 0.321 e. The third-order valence-electron chi connectivity index (χ3n) is 3.91. The summed E-state index contributed by atoms with van der Waals surface area (Å²) in [5.41, 5.74) is -0.296. The van der Waals surface area contributed by atoms with Crippen LogP contribution in [-0.2, 0) is 11.2 Å². The number of benzene rings is 1. The van der Waals surface area contributed by atoms with Crippen LogP contribution in [0.4, 0.5) is 11.4 Å². The molecule has 0 saturated heterocycles. The molecule has 0 radical (unpaired) electrons. The average Bonchev–Trinajstić information content (AvgIpc) is 3.08. The highest BCUT2D eigenvalue weighted by Crippen LogP contribution is 2.27. The Balaban J connectivity index is 2.25. The molecule has 2 rings (SSSR count).